The Labute approximate surface area is 159 Å². The lowest BCUT2D eigenvalue weighted by Crippen LogP contribution is -2.24. The molecule has 6 nitrogen and oxygen atoms in total. The Balaban J connectivity index is 1.69. The van der Waals surface area contributed by atoms with Crippen molar-refractivity contribution in [3.05, 3.63) is 53.6 Å². The van der Waals surface area contributed by atoms with Crippen LogP contribution in [0.5, 0.6) is 17.2 Å². The van der Waals surface area contributed by atoms with Gasteiger partial charge < -0.3 is 14.2 Å². The number of carbonyl (C=O) groups excluding carboxylic acids is 1. The van der Waals surface area contributed by atoms with Crippen LogP contribution in [0.15, 0.2) is 47.6 Å². The summed E-state index contributed by atoms with van der Waals surface area (Å²) in [7, 11) is 3.12. The highest BCUT2D eigenvalue weighted by Crippen LogP contribution is 2.28. The maximum atomic E-state index is 12.3. The third-order valence-electron chi connectivity index (χ3n) is 4.42. The van der Waals surface area contributed by atoms with Crippen LogP contribution in [0.3, 0.4) is 0 Å². The van der Waals surface area contributed by atoms with Crippen LogP contribution in [0, 0.1) is 0 Å². The van der Waals surface area contributed by atoms with E-state index in [1.807, 2.05) is 18.3 Å². The largest absolute Gasteiger partial charge is 0.497 e. The minimum atomic E-state index is -0.453. The molecule has 1 aliphatic rings. The molecule has 1 heterocycles. The molecule has 0 amide bonds. The molecule has 1 saturated heterocycles. The van der Waals surface area contributed by atoms with Gasteiger partial charge in [0.25, 0.3) is 0 Å². The van der Waals surface area contributed by atoms with Crippen molar-refractivity contribution in [1.29, 1.82) is 0 Å². The number of rotatable bonds is 6. The first kappa shape index (κ1) is 18.8. The zero-order valence-electron chi connectivity index (χ0n) is 15.7. The molecule has 1 aliphatic heterocycles. The summed E-state index contributed by atoms with van der Waals surface area (Å²) in [5.74, 6) is 1.08. The van der Waals surface area contributed by atoms with E-state index in [0.717, 1.165) is 18.7 Å². The van der Waals surface area contributed by atoms with Crippen LogP contribution in [0.25, 0.3) is 0 Å². The summed E-state index contributed by atoms with van der Waals surface area (Å²) in [6, 6.07) is 12.1. The fourth-order valence-electron chi connectivity index (χ4n) is 2.88. The summed E-state index contributed by atoms with van der Waals surface area (Å²) in [4.78, 5) is 12.3. The zero-order chi connectivity index (χ0) is 19.1. The van der Waals surface area contributed by atoms with E-state index >= 15 is 0 Å². The van der Waals surface area contributed by atoms with Crippen molar-refractivity contribution in [2.24, 2.45) is 5.10 Å². The molecule has 0 bridgehead atoms. The second kappa shape index (κ2) is 9.07. The van der Waals surface area contributed by atoms with Crippen molar-refractivity contribution in [3.63, 3.8) is 0 Å². The van der Waals surface area contributed by atoms with Crippen LogP contribution < -0.4 is 14.2 Å². The van der Waals surface area contributed by atoms with Crippen molar-refractivity contribution < 1.29 is 19.0 Å². The Bertz CT molecular complexity index is 796. The van der Waals surface area contributed by atoms with E-state index in [4.69, 9.17) is 14.2 Å². The van der Waals surface area contributed by atoms with E-state index < -0.39 is 5.97 Å². The van der Waals surface area contributed by atoms with Crippen LogP contribution >= 0.6 is 0 Å². The number of nitrogens with zero attached hydrogens (tertiary/aromatic N) is 2. The van der Waals surface area contributed by atoms with Gasteiger partial charge in [-0.15, -0.1) is 0 Å². The second-order valence-corrected chi connectivity index (χ2v) is 6.29. The zero-order valence-corrected chi connectivity index (χ0v) is 15.7. The molecule has 0 radical (unpaired) electrons. The van der Waals surface area contributed by atoms with E-state index in [2.05, 4.69) is 10.1 Å². The normalized spacial score (nSPS) is 14.2. The lowest BCUT2D eigenvalue weighted by molar-refractivity contribution is 0.0729. The SMILES string of the molecule is COc1ccc(C(=O)Oc2ccc(/C=N\N3CCCCC3)cc2OC)cc1. The average molecular weight is 368 g/mol. The van der Waals surface area contributed by atoms with E-state index in [1.54, 1.807) is 44.6 Å². The smallest absolute Gasteiger partial charge is 0.343 e. The highest BCUT2D eigenvalue weighted by Gasteiger charge is 2.13. The van der Waals surface area contributed by atoms with Gasteiger partial charge in [-0.05, 0) is 67.3 Å². The Morgan fingerprint density at radius 1 is 0.963 bits per heavy atom. The lowest BCUT2D eigenvalue weighted by Gasteiger charge is -2.23. The predicted octanol–water partition coefficient (Wildman–Crippen LogP) is 3.74. The first-order chi connectivity index (χ1) is 13.2. The number of benzene rings is 2. The quantitative estimate of drug-likeness (QED) is 0.442. The third-order valence-corrected chi connectivity index (χ3v) is 4.42. The maximum Gasteiger partial charge on any atom is 0.343 e. The molecule has 0 aromatic heterocycles. The Morgan fingerprint density at radius 3 is 2.37 bits per heavy atom. The number of esters is 1. The molecule has 27 heavy (non-hydrogen) atoms. The molecular formula is C21H24N2O4. The standard InChI is InChI=1S/C21H24N2O4/c1-25-18-9-7-17(8-10-18)21(24)27-19-11-6-16(14-20(19)26-2)15-22-23-12-4-3-5-13-23/h6-11,14-15H,3-5,12-13H2,1-2H3/b22-15-. The molecule has 1 fully saturated rings. The van der Waals surface area contributed by atoms with Crippen molar-refractivity contribution in [3.8, 4) is 17.2 Å². The molecule has 0 aliphatic carbocycles. The Kier molecular flexibility index (Phi) is 6.30. The topological polar surface area (TPSA) is 60.4 Å². The first-order valence-electron chi connectivity index (χ1n) is 9.03. The van der Waals surface area contributed by atoms with Crippen LogP contribution in [0.4, 0.5) is 0 Å². The van der Waals surface area contributed by atoms with Gasteiger partial charge >= 0.3 is 5.97 Å². The number of hydrogen-bond acceptors (Lipinski definition) is 6. The second-order valence-electron chi connectivity index (χ2n) is 6.29. The molecule has 0 spiro atoms. The van der Waals surface area contributed by atoms with Crippen LogP contribution in [0.1, 0.15) is 35.2 Å². The van der Waals surface area contributed by atoms with E-state index in [1.165, 1.54) is 19.3 Å². The van der Waals surface area contributed by atoms with Crippen LogP contribution in [-0.2, 0) is 0 Å². The molecule has 142 valence electrons. The summed E-state index contributed by atoms with van der Waals surface area (Å²) in [5, 5.41) is 6.59. The highest BCUT2D eigenvalue weighted by atomic mass is 16.6. The third kappa shape index (κ3) is 5.00. The number of methoxy groups -OCH3 is 2. The number of hydrogen-bond donors (Lipinski definition) is 0. The summed E-state index contributed by atoms with van der Waals surface area (Å²) < 4.78 is 16.0. The van der Waals surface area contributed by atoms with Gasteiger partial charge in [0.2, 0.25) is 0 Å². The first-order valence-corrected chi connectivity index (χ1v) is 9.03. The lowest BCUT2D eigenvalue weighted by atomic mass is 10.2. The molecule has 2 aromatic rings. The van der Waals surface area contributed by atoms with Crippen LogP contribution in [-0.4, -0.2) is 44.5 Å². The molecule has 0 saturated carbocycles. The minimum Gasteiger partial charge on any atom is -0.497 e. The van der Waals surface area contributed by atoms with Gasteiger partial charge in [0.1, 0.15) is 5.75 Å². The Hall–Kier alpha value is -3.02. The van der Waals surface area contributed by atoms with Gasteiger partial charge in [0.05, 0.1) is 26.0 Å². The fraction of sp³-hybridized carbons (Fsp3) is 0.333. The van der Waals surface area contributed by atoms with Gasteiger partial charge in [-0.3, -0.25) is 5.01 Å². The number of carbonyl (C=O) groups is 1. The predicted molar refractivity (Wildman–Crippen MR) is 104 cm³/mol. The molecule has 0 N–H and O–H groups in total. The van der Waals surface area contributed by atoms with Gasteiger partial charge in [-0.2, -0.15) is 5.10 Å². The summed E-state index contributed by atoms with van der Waals surface area (Å²) in [5.41, 5.74) is 1.33. The molecular weight excluding hydrogens is 344 g/mol. The summed E-state index contributed by atoms with van der Waals surface area (Å²) >= 11 is 0. The molecule has 2 aromatic carbocycles. The molecule has 6 heteroatoms. The Morgan fingerprint density at radius 2 is 1.70 bits per heavy atom. The number of piperidine rings is 1. The van der Waals surface area contributed by atoms with Gasteiger partial charge in [0, 0.05) is 13.1 Å². The molecule has 0 unspecified atom stereocenters. The number of ether oxygens (including phenoxy) is 3. The highest BCUT2D eigenvalue weighted by molar-refractivity contribution is 5.91. The molecule has 3 rings (SSSR count). The van der Waals surface area contributed by atoms with Gasteiger partial charge in [0.15, 0.2) is 11.5 Å². The summed E-state index contributed by atoms with van der Waals surface area (Å²) in [6.07, 6.45) is 5.44. The monoisotopic (exact) mass is 368 g/mol. The fourth-order valence-corrected chi connectivity index (χ4v) is 2.88. The van der Waals surface area contributed by atoms with Crippen molar-refractivity contribution in [2.45, 2.75) is 19.3 Å². The molecule has 0 atom stereocenters. The van der Waals surface area contributed by atoms with E-state index in [-0.39, 0.29) is 0 Å². The van der Waals surface area contributed by atoms with Crippen molar-refractivity contribution in [1.82, 2.24) is 5.01 Å². The van der Waals surface area contributed by atoms with Gasteiger partial charge in [-0.1, -0.05) is 0 Å². The van der Waals surface area contributed by atoms with Crippen molar-refractivity contribution >= 4 is 12.2 Å². The van der Waals surface area contributed by atoms with E-state index in [9.17, 15) is 4.79 Å². The van der Waals surface area contributed by atoms with Crippen LogP contribution in [0.2, 0.25) is 0 Å². The van der Waals surface area contributed by atoms with Crippen molar-refractivity contribution in [2.75, 3.05) is 27.3 Å². The van der Waals surface area contributed by atoms with Gasteiger partial charge in [-0.25, -0.2) is 4.79 Å². The summed E-state index contributed by atoms with van der Waals surface area (Å²) in [6.45, 7) is 1.98. The average Bonchev–Trinajstić information content (AvgIpc) is 2.73. The van der Waals surface area contributed by atoms with E-state index in [0.29, 0.717) is 22.8 Å². The minimum absolute atomic E-state index is 0.369. The number of hydrazone groups is 1. The maximum absolute atomic E-state index is 12.3.